The van der Waals surface area contributed by atoms with Crippen molar-refractivity contribution in [1.82, 2.24) is 15.5 Å². The van der Waals surface area contributed by atoms with Crippen molar-refractivity contribution < 1.29 is 14.3 Å². The highest BCUT2D eigenvalue weighted by Gasteiger charge is 2.24. The Morgan fingerprint density at radius 1 is 1.22 bits per heavy atom. The lowest BCUT2D eigenvalue weighted by atomic mass is 10.1. The zero-order valence-electron chi connectivity index (χ0n) is 13.5. The Morgan fingerprint density at radius 3 is 2.43 bits per heavy atom. The molecule has 122 valence electrons. The normalized spacial score (nSPS) is 12.7. The summed E-state index contributed by atoms with van der Waals surface area (Å²) in [4.78, 5) is 35.9. The zero-order valence-corrected chi connectivity index (χ0v) is 13.5. The fourth-order valence-electron chi connectivity index (χ4n) is 2.01. The molecule has 0 aliphatic heterocycles. The smallest absolute Gasteiger partial charge is 0.360 e. The molecule has 1 aromatic carbocycles. The molecule has 0 aliphatic rings. The maximum atomic E-state index is 12.3. The molecule has 1 heterocycles. The molecule has 1 unspecified atom stereocenters. The molecule has 0 saturated heterocycles. The fourth-order valence-corrected chi connectivity index (χ4v) is 2.01. The molecule has 2 aromatic rings. The van der Waals surface area contributed by atoms with E-state index < -0.39 is 29.1 Å². The average Bonchev–Trinajstić information content (AvgIpc) is 2.46. The Hall–Kier alpha value is -2.70. The Balaban J connectivity index is 2.24. The number of benzene rings is 1. The number of rotatable bonds is 3. The number of hydrogen-bond acceptors (Lipinski definition) is 5. The SMILES string of the molecule is CC(OC(=O)c1n[nH]c(=O)c2ccccc12)C(=O)NC(C)(C)C. The predicted molar refractivity (Wildman–Crippen MR) is 85.1 cm³/mol. The number of H-pyrrole nitrogens is 1. The Morgan fingerprint density at radius 2 is 1.83 bits per heavy atom. The summed E-state index contributed by atoms with van der Waals surface area (Å²) in [7, 11) is 0. The van der Waals surface area contributed by atoms with Gasteiger partial charge in [-0.25, -0.2) is 9.89 Å². The van der Waals surface area contributed by atoms with Crippen molar-refractivity contribution in [2.24, 2.45) is 0 Å². The summed E-state index contributed by atoms with van der Waals surface area (Å²) in [6, 6.07) is 6.57. The van der Waals surface area contributed by atoms with Gasteiger partial charge in [0, 0.05) is 10.9 Å². The lowest BCUT2D eigenvalue weighted by Crippen LogP contribution is -2.46. The molecule has 0 bridgehead atoms. The van der Waals surface area contributed by atoms with Gasteiger partial charge in [0.25, 0.3) is 11.5 Å². The zero-order chi connectivity index (χ0) is 17.2. The number of carbonyl (C=O) groups excluding carboxylic acids is 2. The quantitative estimate of drug-likeness (QED) is 0.833. The molecule has 0 aliphatic carbocycles. The number of esters is 1. The molecule has 1 atom stereocenters. The average molecular weight is 317 g/mol. The fraction of sp³-hybridized carbons (Fsp3) is 0.375. The van der Waals surface area contributed by atoms with E-state index in [9.17, 15) is 14.4 Å². The van der Waals surface area contributed by atoms with E-state index in [1.54, 1.807) is 24.3 Å². The molecule has 2 rings (SSSR count). The van der Waals surface area contributed by atoms with Crippen molar-refractivity contribution >= 4 is 22.6 Å². The second-order valence-corrected chi connectivity index (χ2v) is 6.23. The molecule has 23 heavy (non-hydrogen) atoms. The van der Waals surface area contributed by atoms with Crippen molar-refractivity contribution in [2.45, 2.75) is 39.3 Å². The minimum atomic E-state index is -0.978. The molecule has 0 saturated carbocycles. The number of fused-ring (bicyclic) bond motifs is 1. The third-order valence-electron chi connectivity index (χ3n) is 3.04. The summed E-state index contributed by atoms with van der Waals surface area (Å²) in [5, 5.41) is 9.45. The van der Waals surface area contributed by atoms with Crippen molar-refractivity contribution in [3.05, 3.63) is 40.3 Å². The van der Waals surface area contributed by atoms with Crippen LogP contribution in [0.3, 0.4) is 0 Å². The van der Waals surface area contributed by atoms with E-state index in [1.807, 2.05) is 20.8 Å². The van der Waals surface area contributed by atoms with E-state index in [-0.39, 0.29) is 5.69 Å². The number of carbonyl (C=O) groups is 2. The van der Waals surface area contributed by atoms with Crippen molar-refractivity contribution in [1.29, 1.82) is 0 Å². The maximum Gasteiger partial charge on any atom is 0.360 e. The van der Waals surface area contributed by atoms with Crippen LogP contribution in [-0.2, 0) is 9.53 Å². The van der Waals surface area contributed by atoms with Crippen LogP contribution in [0.1, 0.15) is 38.2 Å². The van der Waals surface area contributed by atoms with Crippen LogP contribution in [0.25, 0.3) is 10.8 Å². The largest absolute Gasteiger partial charge is 0.448 e. The van der Waals surface area contributed by atoms with Gasteiger partial charge in [0.15, 0.2) is 11.8 Å². The molecular weight excluding hydrogens is 298 g/mol. The molecule has 0 spiro atoms. The van der Waals surface area contributed by atoms with Crippen LogP contribution in [0.4, 0.5) is 0 Å². The summed E-state index contributed by atoms with van der Waals surface area (Å²) in [6.07, 6.45) is -0.978. The first-order valence-corrected chi connectivity index (χ1v) is 7.19. The van der Waals surface area contributed by atoms with Gasteiger partial charge in [0.1, 0.15) is 0 Å². The molecule has 1 aromatic heterocycles. The van der Waals surface area contributed by atoms with Crippen LogP contribution in [-0.4, -0.2) is 33.7 Å². The summed E-state index contributed by atoms with van der Waals surface area (Å²) < 4.78 is 5.16. The van der Waals surface area contributed by atoms with Gasteiger partial charge in [0.05, 0.1) is 5.39 Å². The molecule has 7 nitrogen and oxygen atoms in total. The van der Waals surface area contributed by atoms with Crippen molar-refractivity contribution in [3.8, 4) is 0 Å². The summed E-state index contributed by atoms with van der Waals surface area (Å²) in [5.41, 5.74) is -0.855. The second kappa shape index (κ2) is 6.20. The van der Waals surface area contributed by atoms with E-state index in [1.165, 1.54) is 6.92 Å². The first kappa shape index (κ1) is 16.7. The summed E-state index contributed by atoms with van der Waals surface area (Å²) in [6.45, 7) is 6.97. The van der Waals surface area contributed by atoms with E-state index >= 15 is 0 Å². The van der Waals surface area contributed by atoms with Crippen LogP contribution in [0.15, 0.2) is 29.1 Å². The van der Waals surface area contributed by atoms with Crippen molar-refractivity contribution in [2.75, 3.05) is 0 Å². The highest BCUT2D eigenvalue weighted by Crippen LogP contribution is 2.14. The van der Waals surface area contributed by atoms with Crippen LogP contribution in [0.5, 0.6) is 0 Å². The summed E-state index contributed by atoms with van der Waals surface area (Å²) >= 11 is 0. The standard InChI is InChI=1S/C16H19N3O4/c1-9(13(20)17-16(2,3)4)23-15(22)12-10-7-5-6-8-11(10)14(21)19-18-12/h5-9H,1-4H3,(H,17,20)(H,19,21). The number of nitrogens with one attached hydrogen (secondary N) is 2. The number of aromatic nitrogens is 2. The predicted octanol–water partition coefficient (Wildman–Crippen LogP) is 1.38. The lowest BCUT2D eigenvalue weighted by Gasteiger charge is -2.23. The second-order valence-electron chi connectivity index (χ2n) is 6.23. The molecule has 0 fully saturated rings. The number of amides is 1. The monoisotopic (exact) mass is 317 g/mol. The van der Waals surface area contributed by atoms with Gasteiger partial charge in [0.2, 0.25) is 0 Å². The lowest BCUT2D eigenvalue weighted by molar-refractivity contribution is -0.130. The van der Waals surface area contributed by atoms with Gasteiger partial charge < -0.3 is 10.1 Å². The first-order chi connectivity index (χ1) is 10.7. The van der Waals surface area contributed by atoms with Crippen molar-refractivity contribution in [3.63, 3.8) is 0 Å². The molecule has 7 heteroatoms. The Kier molecular flexibility index (Phi) is 4.49. The van der Waals surface area contributed by atoms with Gasteiger partial charge in [-0.1, -0.05) is 18.2 Å². The first-order valence-electron chi connectivity index (χ1n) is 7.19. The topological polar surface area (TPSA) is 101 Å². The van der Waals surface area contributed by atoms with Gasteiger partial charge in [-0.15, -0.1) is 0 Å². The number of aromatic amines is 1. The molecule has 2 N–H and O–H groups in total. The van der Waals surface area contributed by atoms with Gasteiger partial charge in [-0.2, -0.15) is 5.10 Å². The van der Waals surface area contributed by atoms with Crippen LogP contribution in [0.2, 0.25) is 0 Å². The highest BCUT2D eigenvalue weighted by atomic mass is 16.5. The molecule has 0 radical (unpaired) electrons. The number of ether oxygens (including phenoxy) is 1. The minimum absolute atomic E-state index is 0.0318. The van der Waals surface area contributed by atoms with Gasteiger partial charge in [-0.05, 0) is 33.8 Å². The van der Waals surface area contributed by atoms with Crippen LogP contribution in [0, 0.1) is 0 Å². The van der Waals surface area contributed by atoms with Gasteiger partial charge in [-0.3, -0.25) is 9.59 Å². The Bertz CT molecular complexity index is 805. The Labute approximate surface area is 133 Å². The highest BCUT2D eigenvalue weighted by molar-refractivity contribution is 6.02. The number of hydrogen-bond donors (Lipinski definition) is 2. The maximum absolute atomic E-state index is 12.3. The van der Waals surface area contributed by atoms with E-state index in [0.29, 0.717) is 10.8 Å². The van der Waals surface area contributed by atoms with E-state index in [2.05, 4.69) is 15.5 Å². The van der Waals surface area contributed by atoms with Crippen LogP contribution < -0.4 is 10.9 Å². The van der Waals surface area contributed by atoms with E-state index in [4.69, 9.17) is 4.74 Å². The van der Waals surface area contributed by atoms with E-state index in [0.717, 1.165) is 0 Å². The minimum Gasteiger partial charge on any atom is -0.448 e. The summed E-state index contributed by atoms with van der Waals surface area (Å²) in [5.74, 6) is -1.17. The third-order valence-corrected chi connectivity index (χ3v) is 3.04. The third kappa shape index (κ3) is 3.94. The number of nitrogens with zero attached hydrogens (tertiary/aromatic N) is 1. The van der Waals surface area contributed by atoms with Gasteiger partial charge >= 0.3 is 5.97 Å². The van der Waals surface area contributed by atoms with Crippen LogP contribution >= 0.6 is 0 Å². The molecule has 1 amide bonds. The molecular formula is C16H19N3O4.